The molecule has 7 rings (SSSR count). The summed E-state index contributed by atoms with van der Waals surface area (Å²) in [4.78, 5) is 0. The molecule has 4 aliphatic rings. The Morgan fingerprint density at radius 1 is 0.393 bits per heavy atom. The van der Waals surface area contributed by atoms with Gasteiger partial charge in [-0.05, 0) is 51.2 Å². The van der Waals surface area contributed by atoms with Crippen molar-refractivity contribution in [3.63, 3.8) is 0 Å². The Morgan fingerprint density at radius 2 is 0.786 bits per heavy atom. The SMILES string of the molecule is C1=C(c2ccccc2)C2C=C(c3ccccc3)[C@@H]3C1[C@H]3C(c1ccccc1)=C2. The third-order valence-corrected chi connectivity index (χ3v) is 6.56. The molecule has 28 heavy (non-hydrogen) atoms. The average Bonchev–Trinajstić information content (AvgIpc) is 3.53. The van der Waals surface area contributed by atoms with Gasteiger partial charge in [0.25, 0.3) is 0 Å². The number of hydrogen-bond donors (Lipinski definition) is 0. The summed E-state index contributed by atoms with van der Waals surface area (Å²) >= 11 is 0. The van der Waals surface area contributed by atoms with Gasteiger partial charge in [-0.1, -0.05) is 109 Å². The number of allylic oxidation sites excluding steroid dienone is 6. The van der Waals surface area contributed by atoms with E-state index in [-0.39, 0.29) is 0 Å². The Morgan fingerprint density at radius 3 is 1.21 bits per heavy atom. The first-order valence-electron chi connectivity index (χ1n) is 10.2. The van der Waals surface area contributed by atoms with Crippen LogP contribution in [0.5, 0.6) is 0 Å². The Bertz CT molecular complexity index is 1040. The summed E-state index contributed by atoms with van der Waals surface area (Å²) in [7, 11) is 0. The lowest BCUT2D eigenvalue weighted by molar-refractivity contribution is 1.01. The van der Waals surface area contributed by atoms with Crippen molar-refractivity contribution in [1.82, 2.24) is 0 Å². The average molecular weight is 358 g/mol. The standard InChI is InChI=1S/C28H22/c1-4-10-19(11-5-1)23-18-26-27-24(20-12-6-2-7-13-20)16-22(23)17-25(28(26)27)21-14-8-3-9-15-21/h1-18,22,26-28H/t22?,26?,27-,28-/m1/s1. The molecule has 3 aromatic rings. The van der Waals surface area contributed by atoms with E-state index in [1.807, 2.05) is 0 Å². The summed E-state index contributed by atoms with van der Waals surface area (Å²) in [5.74, 6) is 2.12. The van der Waals surface area contributed by atoms with Gasteiger partial charge in [0, 0.05) is 5.92 Å². The van der Waals surface area contributed by atoms with Gasteiger partial charge in [0.1, 0.15) is 0 Å². The van der Waals surface area contributed by atoms with Crippen LogP contribution in [-0.2, 0) is 0 Å². The molecule has 4 bridgehead atoms. The minimum atomic E-state index is 0.327. The van der Waals surface area contributed by atoms with Crippen LogP contribution in [0.4, 0.5) is 0 Å². The Hall–Kier alpha value is -3.12. The molecule has 0 aromatic heterocycles. The van der Waals surface area contributed by atoms with Gasteiger partial charge in [0.2, 0.25) is 0 Å². The van der Waals surface area contributed by atoms with E-state index in [1.54, 1.807) is 0 Å². The maximum atomic E-state index is 2.58. The first-order valence-corrected chi connectivity index (χ1v) is 10.2. The number of hydrogen-bond acceptors (Lipinski definition) is 0. The van der Waals surface area contributed by atoms with Crippen LogP contribution < -0.4 is 0 Å². The predicted octanol–water partition coefficient (Wildman–Crippen LogP) is 6.74. The highest BCUT2D eigenvalue weighted by Crippen LogP contribution is 2.65. The summed E-state index contributed by atoms with van der Waals surface area (Å²) in [5, 5.41) is 0. The largest absolute Gasteiger partial charge is 0.0754 e. The van der Waals surface area contributed by atoms with Gasteiger partial charge in [0.15, 0.2) is 0 Å². The van der Waals surface area contributed by atoms with Gasteiger partial charge in [-0.15, -0.1) is 0 Å². The van der Waals surface area contributed by atoms with E-state index in [4.69, 9.17) is 0 Å². The molecule has 0 amide bonds. The Labute approximate surface area is 166 Å². The monoisotopic (exact) mass is 358 g/mol. The fourth-order valence-electron chi connectivity index (χ4n) is 5.26. The molecule has 1 saturated carbocycles. The van der Waals surface area contributed by atoms with Crippen LogP contribution in [0.25, 0.3) is 16.7 Å². The molecule has 0 aliphatic heterocycles. The minimum Gasteiger partial charge on any atom is -0.0754 e. The Balaban J connectivity index is 1.52. The minimum absolute atomic E-state index is 0.327. The lowest BCUT2D eigenvalue weighted by atomic mass is 9.90. The molecule has 0 saturated heterocycles. The first-order chi connectivity index (χ1) is 13.9. The van der Waals surface area contributed by atoms with Crippen molar-refractivity contribution in [1.29, 1.82) is 0 Å². The van der Waals surface area contributed by atoms with E-state index < -0.39 is 0 Å². The fourth-order valence-corrected chi connectivity index (χ4v) is 5.26. The number of benzene rings is 3. The zero-order valence-electron chi connectivity index (χ0n) is 15.7. The molecule has 0 spiro atoms. The smallest absolute Gasteiger partial charge is 0.0213 e. The van der Waals surface area contributed by atoms with Gasteiger partial charge >= 0.3 is 0 Å². The van der Waals surface area contributed by atoms with Crippen molar-refractivity contribution in [2.75, 3.05) is 0 Å². The van der Waals surface area contributed by atoms with Crippen molar-refractivity contribution in [2.45, 2.75) is 0 Å². The lowest BCUT2D eigenvalue weighted by Gasteiger charge is -2.14. The van der Waals surface area contributed by atoms with Crippen LogP contribution >= 0.6 is 0 Å². The quantitative estimate of drug-likeness (QED) is 0.486. The highest BCUT2D eigenvalue weighted by molar-refractivity contribution is 5.89. The van der Waals surface area contributed by atoms with Crippen LogP contribution in [0.3, 0.4) is 0 Å². The van der Waals surface area contributed by atoms with Gasteiger partial charge in [0.05, 0.1) is 0 Å². The zero-order valence-corrected chi connectivity index (χ0v) is 15.7. The molecule has 3 aromatic carbocycles. The second kappa shape index (κ2) is 6.21. The molecule has 0 radical (unpaired) electrons. The van der Waals surface area contributed by atoms with Crippen molar-refractivity contribution >= 4 is 16.7 Å². The topological polar surface area (TPSA) is 0 Å². The zero-order chi connectivity index (χ0) is 18.5. The number of rotatable bonds is 3. The van der Waals surface area contributed by atoms with Crippen molar-refractivity contribution < 1.29 is 0 Å². The van der Waals surface area contributed by atoms with Gasteiger partial charge in [-0.3, -0.25) is 0 Å². The van der Waals surface area contributed by atoms with Crippen molar-refractivity contribution in [2.24, 2.45) is 23.7 Å². The molecule has 134 valence electrons. The summed E-state index contributed by atoms with van der Waals surface area (Å²) in [6.45, 7) is 0. The normalized spacial score (nSPS) is 27.2. The summed E-state index contributed by atoms with van der Waals surface area (Å²) in [6, 6.07) is 32.9. The molecule has 0 N–H and O–H groups in total. The third kappa shape index (κ3) is 2.45. The van der Waals surface area contributed by atoms with Gasteiger partial charge < -0.3 is 0 Å². The molecule has 1 fully saturated rings. The third-order valence-electron chi connectivity index (χ3n) is 6.56. The van der Waals surface area contributed by atoms with E-state index >= 15 is 0 Å². The Kier molecular flexibility index (Phi) is 3.52. The van der Waals surface area contributed by atoms with Crippen LogP contribution in [0, 0.1) is 23.7 Å². The van der Waals surface area contributed by atoms with E-state index in [1.165, 1.54) is 33.4 Å². The van der Waals surface area contributed by atoms with Crippen LogP contribution in [-0.4, -0.2) is 0 Å². The van der Waals surface area contributed by atoms with Crippen LogP contribution in [0.1, 0.15) is 16.7 Å². The molecular weight excluding hydrogens is 336 g/mol. The summed E-state index contributed by atoms with van der Waals surface area (Å²) in [6.07, 6.45) is 7.65. The molecule has 0 nitrogen and oxygen atoms in total. The second-order valence-electron chi connectivity index (χ2n) is 8.12. The van der Waals surface area contributed by atoms with Crippen LogP contribution in [0.15, 0.2) is 109 Å². The van der Waals surface area contributed by atoms with Gasteiger partial charge in [-0.25, -0.2) is 0 Å². The predicted molar refractivity (Wildman–Crippen MR) is 117 cm³/mol. The molecular formula is C28H22. The fraction of sp³-hybridized carbons (Fsp3) is 0.143. The second-order valence-corrected chi connectivity index (χ2v) is 8.12. The van der Waals surface area contributed by atoms with Crippen LogP contribution in [0.2, 0.25) is 0 Å². The summed E-state index contributed by atoms with van der Waals surface area (Å²) < 4.78 is 0. The maximum absolute atomic E-state index is 2.58. The van der Waals surface area contributed by atoms with Gasteiger partial charge in [-0.2, -0.15) is 0 Å². The molecule has 0 heterocycles. The molecule has 0 unspecified atom stereocenters. The van der Waals surface area contributed by atoms with E-state index in [2.05, 4.69) is 109 Å². The highest BCUT2D eigenvalue weighted by atomic mass is 14.6. The van der Waals surface area contributed by atoms with Crippen molar-refractivity contribution in [3.05, 3.63) is 126 Å². The lowest BCUT2D eigenvalue weighted by Crippen LogP contribution is -1.98. The molecule has 0 heteroatoms. The first kappa shape index (κ1) is 15.9. The molecule has 2 atom stereocenters. The highest BCUT2D eigenvalue weighted by Gasteiger charge is 2.55. The van der Waals surface area contributed by atoms with Crippen molar-refractivity contribution in [3.8, 4) is 0 Å². The van der Waals surface area contributed by atoms with E-state index in [9.17, 15) is 0 Å². The summed E-state index contributed by atoms with van der Waals surface area (Å²) in [5.41, 5.74) is 8.66. The maximum Gasteiger partial charge on any atom is 0.0213 e. The molecule has 4 aliphatic carbocycles. The van der Waals surface area contributed by atoms with E-state index in [0.29, 0.717) is 23.7 Å². The van der Waals surface area contributed by atoms with E-state index in [0.717, 1.165) is 0 Å².